The normalized spacial score (nSPS) is 15.7. The fourth-order valence-electron chi connectivity index (χ4n) is 6.09. The van der Waals surface area contributed by atoms with Crippen molar-refractivity contribution in [3.63, 3.8) is 0 Å². The fraction of sp³-hybridized carbons (Fsp3) is 0.214. The van der Waals surface area contributed by atoms with E-state index >= 15 is 0 Å². The predicted molar refractivity (Wildman–Crippen MR) is 183 cm³/mol. The Morgan fingerprint density at radius 2 is 0.864 bits per heavy atom. The van der Waals surface area contributed by atoms with Crippen LogP contribution in [-0.4, -0.2) is 5.71 Å². The highest BCUT2D eigenvalue weighted by molar-refractivity contribution is 6.17. The van der Waals surface area contributed by atoms with Gasteiger partial charge in [-0.15, -0.1) is 0 Å². The van der Waals surface area contributed by atoms with Gasteiger partial charge in [-0.2, -0.15) is 0 Å². The molecule has 0 unspecified atom stereocenters. The molecule has 4 aromatic rings. The Bertz CT molecular complexity index is 1660. The van der Waals surface area contributed by atoms with Gasteiger partial charge in [0, 0.05) is 22.0 Å². The molecule has 220 valence electrons. The third kappa shape index (κ3) is 5.42. The van der Waals surface area contributed by atoms with Gasteiger partial charge in [0.25, 0.3) is 0 Å². The molecule has 0 fully saturated rings. The summed E-state index contributed by atoms with van der Waals surface area (Å²) in [6.45, 7) is 13.2. The van der Waals surface area contributed by atoms with Crippen molar-refractivity contribution in [1.29, 1.82) is 0 Å². The van der Waals surface area contributed by atoms with Crippen LogP contribution in [0, 0.1) is 10.8 Å². The Balaban J connectivity index is 1.74. The van der Waals surface area contributed by atoms with Crippen molar-refractivity contribution in [2.24, 2.45) is 15.8 Å². The maximum Gasteiger partial charge on any atom is 0.110 e. The van der Waals surface area contributed by atoms with Gasteiger partial charge in [0.1, 0.15) is 11.5 Å². The van der Waals surface area contributed by atoms with Gasteiger partial charge in [-0.1, -0.05) is 163 Å². The average molecular weight is 576 g/mol. The Morgan fingerprint density at radius 3 is 1.25 bits per heavy atom. The summed E-state index contributed by atoms with van der Waals surface area (Å²) >= 11 is 0. The first-order valence-corrected chi connectivity index (χ1v) is 15.5. The van der Waals surface area contributed by atoms with Crippen molar-refractivity contribution in [2.45, 2.75) is 47.0 Å². The second-order valence-electron chi connectivity index (χ2n) is 13.7. The van der Waals surface area contributed by atoms with Gasteiger partial charge in [0.15, 0.2) is 0 Å². The monoisotopic (exact) mass is 575 g/mol. The molecule has 2 aliphatic heterocycles. The number of ether oxygens (including phenoxy) is 1. The van der Waals surface area contributed by atoms with E-state index in [1.807, 2.05) is 0 Å². The summed E-state index contributed by atoms with van der Waals surface area (Å²) in [5.41, 5.74) is 7.89. The Hall–Kier alpha value is -4.69. The smallest absolute Gasteiger partial charge is 0.110 e. The van der Waals surface area contributed by atoms with Crippen molar-refractivity contribution in [3.05, 3.63) is 190 Å². The van der Waals surface area contributed by atoms with Crippen molar-refractivity contribution < 1.29 is 4.74 Å². The summed E-state index contributed by atoms with van der Waals surface area (Å²) in [5, 5.41) is 0. The number of allylic oxidation sites excluding steroid dienone is 7. The summed E-state index contributed by atoms with van der Waals surface area (Å²) in [6.07, 6.45) is 6.69. The fourth-order valence-corrected chi connectivity index (χ4v) is 6.09. The standard InChI is InChI=1S/C42H41NO/c1-40(2,3)37-27-31(28-38(44-37)41(4,5)6)36-29-35(39(43-36)30-19-11-7-12-20-30)42(32-21-13-8-14-22-32,33-23-15-9-16-24-33)34-25-17-10-18-26-34/h7-29H,1-6H3. The zero-order valence-electron chi connectivity index (χ0n) is 26.6. The average Bonchev–Trinajstić information content (AvgIpc) is 3.48. The van der Waals surface area contributed by atoms with Crippen LogP contribution in [0.3, 0.4) is 0 Å². The molecule has 0 spiro atoms. The van der Waals surface area contributed by atoms with Crippen LogP contribution in [0.25, 0.3) is 0 Å². The highest BCUT2D eigenvalue weighted by atomic mass is 16.5. The third-order valence-electron chi connectivity index (χ3n) is 8.41. The Kier molecular flexibility index (Phi) is 7.63. The highest BCUT2D eigenvalue weighted by Crippen LogP contribution is 2.49. The highest BCUT2D eigenvalue weighted by Gasteiger charge is 2.44. The van der Waals surface area contributed by atoms with E-state index in [4.69, 9.17) is 9.73 Å². The molecule has 2 aliphatic rings. The van der Waals surface area contributed by atoms with Gasteiger partial charge in [-0.3, -0.25) is 0 Å². The van der Waals surface area contributed by atoms with E-state index in [0.29, 0.717) is 0 Å². The SMILES string of the molecule is CC(C)(C)C1=CC(=C2C=C(C(c3ccccc3)(c3ccccc3)c3ccccc3)C(c3ccccc3)=N2)C=C(C(C)(C)C)O1. The molecule has 0 atom stereocenters. The molecular weight excluding hydrogens is 534 g/mol. The summed E-state index contributed by atoms with van der Waals surface area (Å²) in [7, 11) is 0. The van der Waals surface area contributed by atoms with Gasteiger partial charge >= 0.3 is 0 Å². The lowest BCUT2D eigenvalue weighted by Crippen LogP contribution is -2.35. The molecule has 44 heavy (non-hydrogen) atoms. The molecule has 6 rings (SSSR count). The number of benzene rings is 4. The summed E-state index contributed by atoms with van der Waals surface area (Å²) in [5.74, 6) is 1.90. The molecule has 4 aromatic carbocycles. The van der Waals surface area contributed by atoms with Crippen LogP contribution >= 0.6 is 0 Å². The van der Waals surface area contributed by atoms with Crippen molar-refractivity contribution in [1.82, 2.24) is 0 Å². The first kappa shape index (κ1) is 29.4. The van der Waals surface area contributed by atoms with Crippen LogP contribution < -0.4 is 0 Å². The van der Waals surface area contributed by atoms with Gasteiger partial charge in [0.05, 0.1) is 16.8 Å². The Labute approximate surface area is 262 Å². The minimum Gasteiger partial charge on any atom is -0.465 e. The molecule has 0 amide bonds. The van der Waals surface area contributed by atoms with Crippen molar-refractivity contribution >= 4 is 5.71 Å². The van der Waals surface area contributed by atoms with Crippen LogP contribution in [0.2, 0.25) is 0 Å². The number of aliphatic imine (C=N–C) groups is 1. The molecule has 2 nitrogen and oxygen atoms in total. The number of rotatable bonds is 5. The van der Waals surface area contributed by atoms with E-state index in [1.54, 1.807) is 0 Å². The van der Waals surface area contributed by atoms with Gasteiger partial charge in [0.2, 0.25) is 0 Å². The second-order valence-corrected chi connectivity index (χ2v) is 13.7. The van der Waals surface area contributed by atoms with Gasteiger partial charge in [-0.25, -0.2) is 4.99 Å². The van der Waals surface area contributed by atoms with E-state index in [0.717, 1.165) is 39.6 Å². The van der Waals surface area contributed by atoms with Crippen LogP contribution in [0.5, 0.6) is 0 Å². The van der Waals surface area contributed by atoms with E-state index in [9.17, 15) is 0 Å². The lowest BCUT2D eigenvalue weighted by atomic mass is 9.63. The molecule has 2 heterocycles. The van der Waals surface area contributed by atoms with Crippen LogP contribution in [0.1, 0.15) is 63.8 Å². The van der Waals surface area contributed by atoms with Crippen molar-refractivity contribution in [2.75, 3.05) is 0 Å². The zero-order valence-corrected chi connectivity index (χ0v) is 26.6. The second kappa shape index (κ2) is 11.4. The van der Waals surface area contributed by atoms with E-state index < -0.39 is 5.41 Å². The summed E-state index contributed by atoms with van der Waals surface area (Å²) in [6, 6.07) is 43.2. The molecule has 0 aliphatic carbocycles. The maximum atomic E-state index is 6.54. The number of hydrogen-bond donors (Lipinski definition) is 0. The number of nitrogens with zero attached hydrogens (tertiary/aromatic N) is 1. The molecule has 0 N–H and O–H groups in total. The molecule has 0 bridgehead atoms. The molecule has 0 saturated carbocycles. The van der Waals surface area contributed by atoms with E-state index in [-0.39, 0.29) is 10.8 Å². The van der Waals surface area contributed by atoms with Gasteiger partial charge in [-0.05, 0) is 40.5 Å². The van der Waals surface area contributed by atoms with E-state index in [1.165, 1.54) is 16.7 Å². The molecular formula is C42H41NO. The molecule has 0 radical (unpaired) electrons. The largest absolute Gasteiger partial charge is 0.465 e. The first-order chi connectivity index (χ1) is 21.1. The summed E-state index contributed by atoms with van der Waals surface area (Å²) in [4.78, 5) is 5.50. The van der Waals surface area contributed by atoms with Crippen LogP contribution in [0.15, 0.2) is 173 Å². The summed E-state index contributed by atoms with van der Waals surface area (Å²) < 4.78 is 6.54. The van der Waals surface area contributed by atoms with E-state index in [2.05, 4.69) is 181 Å². The van der Waals surface area contributed by atoms with Gasteiger partial charge < -0.3 is 4.74 Å². The zero-order chi connectivity index (χ0) is 31.0. The van der Waals surface area contributed by atoms with Crippen LogP contribution in [-0.2, 0) is 10.2 Å². The first-order valence-electron chi connectivity index (χ1n) is 15.5. The maximum absolute atomic E-state index is 6.54. The molecule has 0 aromatic heterocycles. The third-order valence-corrected chi connectivity index (χ3v) is 8.41. The molecule has 2 heteroatoms. The predicted octanol–water partition coefficient (Wildman–Crippen LogP) is 10.6. The minimum atomic E-state index is -0.612. The minimum absolute atomic E-state index is 0.157. The Morgan fingerprint density at radius 1 is 0.477 bits per heavy atom. The lowest BCUT2D eigenvalue weighted by Gasteiger charge is -2.38. The topological polar surface area (TPSA) is 21.6 Å². The molecule has 0 saturated heterocycles. The lowest BCUT2D eigenvalue weighted by molar-refractivity contribution is 0.161. The quantitative estimate of drug-likeness (QED) is 0.217. The van der Waals surface area contributed by atoms with Crippen molar-refractivity contribution in [3.8, 4) is 0 Å². The number of hydrogen-bond acceptors (Lipinski definition) is 2. The van der Waals surface area contributed by atoms with Crippen LogP contribution in [0.4, 0.5) is 0 Å².